The number of aromatic nitrogens is 1. The van der Waals surface area contributed by atoms with Gasteiger partial charge in [-0.2, -0.15) is 4.37 Å². The first kappa shape index (κ1) is 12.4. The average molecular weight is 257 g/mol. The highest BCUT2D eigenvalue weighted by Crippen LogP contribution is 2.39. The van der Waals surface area contributed by atoms with Gasteiger partial charge >= 0.3 is 0 Å². The van der Waals surface area contributed by atoms with Crippen molar-refractivity contribution >= 4 is 22.4 Å². The van der Waals surface area contributed by atoms with Gasteiger partial charge in [-0.1, -0.05) is 0 Å². The minimum Gasteiger partial charge on any atom is -0.484 e. The second-order valence-corrected chi connectivity index (χ2v) is 5.25. The number of nitrogens with zero attached hydrogens (tertiary/aromatic N) is 2. The lowest BCUT2D eigenvalue weighted by atomic mass is 10.3. The van der Waals surface area contributed by atoms with E-state index >= 15 is 0 Å². The molecule has 6 heteroatoms. The molecule has 1 atom stereocenters. The van der Waals surface area contributed by atoms with Crippen LogP contribution in [0.25, 0.3) is 0 Å². The highest BCUT2D eigenvalue weighted by atomic mass is 32.1. The van der Waals surface area contributed by atoms with E-state index in [9.17, 15) is 0 Å². The average Bonchev–Trinajstić information content (AvgIpc) is 2.60. The van der Waals surface area contributed by atoms with Gasteiger partial charge in [-0.15, -0.1) is 0 Å². The minimum atomic E-state index is 0.103. The van der Waals surface area contributed by atoms with Crippen molar-refractivity contribution in [2.45, 2.75) is 33.0 Å². The van der Waals surface area contributed by atoms with Gasteiger partial charge in [0.2, 0.25) is 0 Å². The van der Waals surface area contributed by atoms with E-state index in [1.807, 2.05) is 13.8 Å². The molecule has 5 nitrogen and oxygen atoms in total. The van der Waals surface area contributed by atoms with Crippen molar-refractivity contribution in [3.63, 3.8) is 0 Å². The van der Waals surface area contributed by atoms with Crippen molar-refractivity contribution in [3.05, 3.63) is 0 Å². The van der Waals surface area contributed by atoms with Gasteiger partial charge in [-0.25, -0.2) is 0 Å². The third-order valence-corrected chi connectivity index (χ3v) is 3.44. The summed E-state index contributed by atoms with van der Waals surface area (Å²) in [5.74, 6) is 1.21. The number of nitrogen functional groups attached to an aromatic ring is 1. The number of nitrogens with two attached hydrogens (primary N) is 1. The predicted octanol–water partition coefficient (Wildman–Crippen LogP) is 1.74. The van der Waals surface area contributed by atoms with Crippen molar-refractivity contribution in [2.24, 2.45) is 0 Å². The molecule has 1 aromatic rings. The Morgan fingerprint density at radius 2 is 2.35 bits per heavy atom. The summed E-state index contributed by atoms with van der Waals surface area (Å²) in [6, 6.07) is 0. The summed E-state index contributed by atoms with van der Waals surface area (Å²) in [6.07, 6.45) is 0.338. The fourth-order valence-corrected chi connectivity index (χ4v) is 2.62. The van der Waals surface area contributed by atoms with Crippen LogP contribution < -0.4 is 15.4 Å². The molecule has 2 rings (SSSR count). The van der Waals surface area contributed by atoms with Crippen LogP contribution in [-0.2, 0) is 4.74 Å². The van der Waals surface area contributed by atoms with Crippen LogP contribution in [-0.4, -0.2) is 36.3 Å². The first-order chi connectivity index (χ1) is 8.08. The molecule has 0 spiro atoms. The normalized spacial score (nSPS) is 20.9. The molecule has 1 aromatic heterocycles. The molecular weight excluding hydrogens is 238 g/mol. The van der Waals surface area contributed by atoms with Gasteiger partial charge in [0.05, 0.1) is 18.8 Å². The quantitative estimate of drug-likeness (QED) is 0.893. The van der Waals surface area contributed by atoms with Crippen LogP contribution in [0.1, 0.15) is 20.8 Å². The summed E-state index contributed by atoms with van der Waals surface area (Å²) >= 11 is 1.40. The first-order valence-corrected chi connectivity index (χ1v) is 6.63. The molecule has 1 saturated heterocycles. The Labute approximate surface area is 106 Å². The second kappa shape index (κ2) is 5.10. The number of anilines is 2. The third-order valence-electron chi connectivity index (χ3n) is 2.54. The molecule has 1 unspecified atom stereocenters. The van der Waals surface area contributed by atoms with E-state index in [1.165, 1.54) is 11.5 Å². The standard InChI is InChI=1S/C11H19N3O2S/c1-7(2)16-9-10(12)13-17-11(9)14-4-5-15-8(3)6-14/h7-8H,4-6H2,1-3H3,(H2,12,13). The summed E-state index contributed by atoms with van der Waals surface area (Å²) < 4.78 is 15.5. The van der Waals surface area contributed by atoms with E-state index in [0.29, 0.717) is 5.82 Å². The van der Waals surface area contributed by atoms with E-state index in [1.54, 1.807) is 0 Å². The van der Waals surface area contributed by atoms with E-state index in [-0.39, 0.29) is 12.2 Å². The van der Waals surface area contributed by atoms with Gasteiger partial charge in [0, 0.05) is 13.1 Å². The molecule has 1 aliphatic heterocycles. The van der Waals surface area contributed by atoms with E-state index < -0.39 is 0 Å². The molecule has 17 heavy (non-hydrogen) atoms. The number of morpholine rings is 1. The number of hydrogen-bond acceptors (Lipinski definition) is 6. The smallest absolute Gasteiger partial charge is 0.198 e. The van der Waals surface area contributed by atoms with Gasteiger partial charge in [-0.3, -0.25) is 0 Å². The maximum atomic E-state index is 5.85. The molecule has 2 heterocycles. The van der Waals surface area contributed by atoms with Crippen LogP contribution in [0.5, 0.6) is 5.75 Å². The molecule has 1 fully saturated rings. The lowest BCUT2D eigenvalue weighted by Gasteiger charge is -2.32. The number of rotatable bonds is 3. The fraction of sp³-hybridized carbons (Fsp3) is 0.727. The fourth-order valence-electron chi connectivity index (χ4n) is 1.84. The highest BCUT2D eigenvalue weighted by Gasteiger charge is 2.24. The van der Waals surface area contributed by atoms with Crippen LogP contribution in [0, 0.1) is 0 Å². The Morgan fingerprint density at radius 3 is 3.00 bits per heavy atom. The zero-order valence-corrected chi connectivity index (χ0v) is 11.3. The monoisotopic (exact) mass is 257 g/mol. The molecule has 2 N–H and O–H groups in total. The zero-order valence-electron chi connectivity index (χ0n) is 10.5. The number of ether oxygens (including phenoxy) is 2. The summed E-state index contributed by atoms with van der Waals surface area (Å²) in [5.41, 5.74) is 5.85. The van der Waals surface area contributed by atoms with Crippen molar-refractivity contribution in [1.29, 1.82) is 0 Å². The summed E-state index contributed by atoms with van der Waals surface area (Å²) in [5, 5.41) is 1.02. The van der Waals surface area contributed by atoms with Gasteiger partial charge in [0.25, 0.3) is 0 Å². The third kappa shape index (κ3) is 2.81. The Balaban J connectivity index is 2.19. The van der Waals surface area contributed by atoms with E-state index in [4.69, 9.17) is 15.2 Å². The van der Waals surface area contributed by atoms with E-state index in [2.05, 4.69) is 16.2 Å². The molecule has 0 radical (unpaired) electrons. The maximum absolute atomic E-state index is 5.85. The van der Waals surface area contributed by atoms with E-state index in [0.717, 1.165) is 30.4 Å². The van der Waals surface area contributed by atoms with Gasteiger partial charge in [-0.05, 0) is 32.3 Å². The summed E-state index contributed by atoms with van der Waals surface area (Å²) in [4.78, 5) is 2.24. The molecule has 0 aliphatic carbocycles. The van der Waals surface area contributed by atoms with Crippen molar-refractivity contribution in [1.82, 2.24) is 4.37 Å². The van der Waals surface area contributed by atoms with Crippen LogP contribution in [0.4, 0.5) is 10.8 Å². The zero-order chi connectivity index (χ0) is 12.4. The molecule has 96 valence electrons. The van der Waals surface area contributed by atoms with Gasteiger partial charge in [0.15, 0.2) is 16.6 Å². The highest BCUT2D eigenvalue weighted by molar-refractivity contribution is 7.11. The molecular formula is C11H19N3O2S. The van der Waals surface area contributed by atoms with Crippen molar-refractivity contribution < 1.29 is 9.47 Å². The summed E-state index contributed by atoms with van der Waals surface area (Å²) in [7, 11) is 0. The molecule has 0 saturated carbocycles. The Morgan fingerprint density at radius 1 is 1.59 bits per heavy atom. The van der Waals surface area contributed by atoms with Crippen LogP contribution in [0.15, 0.2) is 0 Å². The largest absolute Gasteiger partial charge is 0.484 e. The molecule has 0 aromatic carbocycles. The predicted molar refractivity (Wildman–Crippen MR) is 69.9 cm³/mol. The number of hydrogen-bond donors (Lipinski definition) is 1. The van der Waals surface area contributed by atoms with Gasteiger partial charge < -0.3 is 20.1 Å². The Bertz CT molecular complexity index is 381. The maximum Gasteiger partial charge on any atom is 0.198 e. The molecule has 1 aliphatic rings. The van der Waals surface area contributed by atoms with Crippen molar-refractivity contribution in [2.75, 3.05) is 30.3 Å². The summed E-state index contributed by atoms with van der Waals surface area (Å²) in [6.45, 7) is 8.50. The lowest BCUT2D eigenvalue weighted by Crippen LogP contribution is -2.40. The minimum absolute atomic E-state index is 0.103. The lowest BCUT2D eigenvalue weighted by molar-refractivity contribution is 0.0532. The molecule has 0 amide bonds. The van der Waals surface area contributed by atoms with Crippen molar-refractivity contribution in [3.8, 4) is 5.75 Å². The molecule has 0 bridgehead atoms. The SMILES string of the molecule is CC(C)Oc1c(N)nsc1N1CCOC(C)C1. The van der Waals surface area contributed by atoms with Crippen LogP contribution in [0.2, 0.25) is 0 Å². The Kier molecular flexibility index (Phi) is 3.73. The van der Waals surface area contributed by atoms with Gasteiger partial charge in [0.1, 0.15) is 0 Å². The van der Waals surface area contributed by atoms with Crippen LogP contribution >= 0.6 is 11.5 Å². The first-order valence-electron chi connectivity index (χ1n) is 5.86. The second-order valence-electron chi connectivity index (χ2n) is 4.50. The topological polar surface area (TPSA) is 60.6 Å². The van der Waals surface area contributed by atoms with Crippen LogP contribution in [0.3, 0.4) is 0 Å². The Hall–Kier alpha value is -1.01.